The summed E-state index contributed by atoms with van der Waals surface area (Å²) in [6.07, 6.45) is -1.69. The van der Waals surface area contributed by atoms with E-state index in [0.717, 1.165) is 0 Å². The number of aliphatic hydroxyl groups is 3. The van der Waals surface area contributed by atoms with E-state index < -0.39 is 36.2 Å². The normalized spacial score (nSPS) is 32.9. The van der Waals surface area contributed by atoms with E-state index in [4.69, 9.17) is 10.5 Å². The Labute approximate surface area is 118 Å². The molecule has 2 aromatic heterocycles. The van der Waals surface area contributed by atoms with Gasteiger partial charge in [-0.2, -0.15) is 4.98 Å². The van der Waals surface area contributed by atoms with Gasteiger partial charge >= 0.3 is 0 Å². The number of aromatic nitrogens is 3. The Balaban J connectivity index is 2.15. The molecule has 9 nitrogen and oxygen atoms in total. The average molecular weight is 296 g/mol. The highest BCUT2D eigenvalue weighted by molar-refractivity contribution is 5.76. The summed E-state index contributed by atoms with van der Waals surface area (Å²) in [6.45, 7) is 0.948. The molecule has 0 saturated carbocycles. The number of fused-ring (bicyclic) bond motifs is 1. The van der Waals surface area contributed by atoms with Gasteiger partial charge in [-0.25, -0.2) is 0 Å². The number of rotatable bonds is 2. The van der Waals surface area contributed by atoms with Gasteiger partial charge in [-0.05, 0) is 13.0 Å². The van der Waals surface area contributed by atoms with Crippen molar-refractivity contribution in [3.8, 4) is 0 Å². The Morgan fingerprint density at radius 1 is 1.62 bits per heavy atom. The molecule has 0 aromatic carbocycles. The fourth-order valence-electron chi connectivity index (χ4n) is 2.64. The summed E-state index contributed by atoms with van der Waals surface area (Å²) in [5, 5.41) is 29.9. The molecule has 1 aliphatic heterocycles. The molecule has 0 bridgehead atoms. The molecular formula is C12H16N4O5. The number of nitrogens with two attached hydrogens (primary N) is 1. The lowest BCUT2D eigenvalue weighted by atomic mass is 9.96. The second kappa shape index (κ2) is 4.53. The van der Waals surface area contributed by atoms with Crippen LogP contribution < -0.4 is 11.3 Å². The van der Waals surface area contributed by atoms with Crippen molar-refractivity contribution in [3.05, 3.63) is 22.6 Å². The molecule has 6 N–H and O–H groups in total. The Morgan fingerprint density at radius 2 is 2.33 bits per heavy atom. The summed E-state index contributed by atoms with van der Waals surface area (Å²) in [5.74, 6) is -0.0654. The molecule has 1 fully saturated rings. The number of ether oxygens (including phenoxy) is 1. The second-order valence-corrected chi connectivity index (χ2v) is 5.29. The van der Waals surface area contributed by atoms with E-state index in [1.165, 1.54) is 23.8 Å². The molecule has 0 radical (unpaired) electrons. The first-order chi connectivity index (χ1) is 9.86. The molecule has 0 amide bonds. The summed E-state index contributed by atoms with van der Waals surface area (Å²) in [4.78, 5) is 18.2. The molecule has 3 heterocycles. The molecule has 1 saturated heterocycles. The molecule has 9 heteroatoms. The van der Waals surface area contributed by atoms with Crippen molar-refractivity contribution in [2.45, 2.75) is 31.0 Å². The van der Waals surface area contributed by atoms with E-state index in [2.05, 4.69) is 9.97 Å². The standard InChI is InChI=1S/C12H16N4O5/c1-12(20)7(18)6(4-17)21-10(12)16-3-2-5-8(16)14-11(13)15-9(5)19/h2-3,6-7,10,17-18,20H,4H2,1H3,(H3,13,14,15,19)/t6?,7?,10?,12-/m1/s1. The van der Waals surface area contributed by atoms with Crippen LogP contribution in [0, 0.1) is 0 Å². The first kappa shape index (κ1) is 14.0. The average Bonchev–Trinajstić information content (AvgIpc) is 2.91. The molecule has 114 valence electrons. The van der Waals surface area contributed by atoms with Gasteiger partial charge in [-0.3, -0.25) is 9.78 Å². The predicted molar refractivity (Wildman–Crippen MR) is 72.4 cm³/mol. The van der Waals surface area contributed by atoms with E-state index in [1.54, 1.807) is 0 Å². The third-order valence-electron chi connectivity index (χ3n) is 3.79. The number of hydrogen-bond donors (Lipinski definition) is 5. The lowest BCUT2D eigenvalue weighted by Gasteiger charge is -2.27. The van der Waals surface area contributed by atoms with Crippen LogP contribution in [0.5, 0.6) is 0 Å². The van der Waals surface area contributed by atoms with Crippen molar-refractivity contribution < 1.29 is 20.1 Å². The lowest BCUT2D eigenvalue weighted by molar-refractivity contribution is -0.0948. The number of aromatic amines is 1. The summed E-state index contributed by atoms with van der Waals surface area (Å²) < 4.78 is 6.91. The van der Waals surface area contributed by atoms with Gasteiger partial charge in [0, 0.05) is 6.20 Å². The first-order valence-corrected chi connectivity index (χ1v) is 6.39. The minimum absolute atomic E-state index is 0.0654. The Morgan fingerprint density at radius 3 is 2.95 bits per heavy atom. The molecule has 1 aliphatic rings. The maximum absolute atomic E-state index is 11.8. The minimum Gasteiger partial charge on any atom is -0.394 e. The zero-order chi connectivity index (χ0) is 15.4. The summed E-state index contributed by atoms with van der Waals surface area (Å²) in [7, 11) is 0. The highest BCUT2D eigenvalue weighted by Crippen LogP contribution is 2.39. The number of H-pyrrole nitrogens is 1. The van der Waals surface area contributed by atoms with Gasteiger partial charge in [-0.1, -0.05) is 0 Å². The molecule has 2 aromatic rings. The van der Waals surface area contributed by atoms with E-state index in [0.29, 0.717) is 0 Å². The van der Waals surface area contributed by atoms with E-state index in [1.807, 2.05) is 0 Å². The Bertz CT molecular complexity index is 737. The summed E-state index contributed by atoms with van der Waals surface area (Å²) in [5.41, 5.74) is 3.69. The fraction of sp³-hybridized carbons (Fsp3) is 0.500. The quantitative estimate of drug-likeness (QED) is 0.444. The van der Waals surface area contributed by atoms with Crippen LogP contribution in [0.4, 0.5) is 5.95 Å². The predicted octanol–water partition coefficient (Wildman–Crippen LogP) is -1.69. The maximum atomic E-state index is 11.8. The zero-order valence-electron chi connectivity index (χ0n) is 11.2. The van der Waals surface area contributed by atoms with Crippen LogP contribution in [-0.4, -0.2) is 54.3 Å². The Kier molecular flexibility index (Phi) is 3.02. The van der Waals surface area contributed by atoms with Crippen molar-refractivity contribution in [1.82, 2.24) is 14.5 Å². The van der Waals surface area contributed by atoms with Crippen LogP contribution >= 0.6 is 0 Å². The van der Waals surface area contributed by atoms with Crippen LogP contribution in [-0.2, 0) is 4.74 Å². The third-order valence-corrected chi connectivity index (χ3v) is 3.79. The van der Waals surface area contributed by atoms with Crippen LogP contribution in [0.25, 0.3) is 11.0 Å². The summed E-state index contributed by atoms with van der Waals surface area (Å²) >= 11 is 0. The Hall–Kier alpha value is -1.94. The smallest absolute Gasteiger partial charge is 0.261 e. The number of hydrogen-bond acceptors (Lipinski definition) is 7. The molecule has 0 spiro atoms. The van der Waals surface area contributed by atoms with Crippen LogP contribution in [0.15, 0.2) is 17.1 Å². The number of nitrogens with one attached hydrogen (secondary N) is 1. The minimum atomic E-state index is -1.65. The largest absolute Gasteiger partial charge is 0.394 e. The molecular weight excluding hydrogens is 280 g/mol. The SMILES string of the molecule is C[C@@]1(O)C(O)C(CO)OC1n1ccc2c(=O)[nH]c(N)nc21. The van der Waals surface area contributed by atoms with Gasteiger partial charge in [0.25, 0.3) is 5.56 Å². The van der Waals surface area contributed by atoms with Crippen LogP contribution in [0.1, 0.15) is 13.2 Å². The van der Waals surface area contributed by atoms with Gasteiger partial charge in [0.2, 0.25) is 5.95 Å². The number of anilines is 1. The van der Waals surface area contributed by atoms with Gasteiger partial charge in [0.15, 0.2) is 11.9 Å². The van der Waals surface area contributed by atoms with E-state index in [9.17, 15) is 20.1 Å². The molecule has 3 rings (SSSR count). The van der Waals surface area contributed by atoms with E-state index >= 15 is 0 Å². The third kappa shape index (κ3) is 1.94. The van der Waals surface area contributed by atoms with E-state index in [-0.39, 0.29) is 17.0 Å². The van der Waals surface area contributed by atoms with Crippen molar-refractivity contribution in [1.29, 1.82) is 0 Å². The fourth-order valence-corrected chi connectivity index (χ4v) is 2.64. The molecule has 3 unspecified atom stereocenters. The monoisotopic (exact) mass is 296 g/mol. The number of nitrogens with zero attached hydrogens (tertiary/aromatic N) is 2. The van der Waals surface area contributed by atoms with Crippen LogP contribution in [0.3, 0.4) is 0 Å². The van der Waals surface area contributed by atoms with Gasteiger partial charge in [-0.15, -0.1) is 0 Å². The number of nitrogen functional groups attached to an aromatic ring is 1. The van der Waals surface area contributed by atoms with Gasteiger partial charge in [0.05, 0.1) is 12.0 Å². The topological polar surface area (TPSA) is 147 Å². The van der Waals surface area contributed by atoms with Crippen molar-refractivity contribution in [2.24, 2.45) is 0 Å². The van der Waals surface area contributed by atoms with Crippen molar-refractivity contribution in [2.75, 3.05) is 12.3 Å². The first-order valence-electron chi connectivity index (χ1n) is 6.39. The summed E-state index contributed by atoms with van der Waals surface area (Å²) in [6, 6.07) is 1.51. The highest BCUT2D eigenvalue weighted by atomic mass is 16.6. The maximum Gasteiger partial charge on any atom is 0.261 e. The van der Waals surface area contributed by atoms with Crippen LogP contribution in [0.2, 0.25) is 0 Å². The second-order valence-electron chi connectivity index (χ2n) is 5.29. The number of aliphatic hydroxyl groups excluding tert-OH is 2. The van der Waals surface area contributed by atoms with Gasteiger partial charge < -0.3 is 30.4 Å². The molecule has 21 heavy (non-hydrogen) atoms. The molecule has 4 atom stereocenters. The lowest BCUT2D eigenvalue weighted by Crippen LogP contribution is -2.44. The zero-order valence-corrected chi connectivity index (χ0v) is 11.2. The highest BCUT2D eigenvalue weighted by Gasteiger charge is 2.53. The van der Waals surface area contributed by atoms with Gasteiger partial charge in [0.1, 0.15) is 17.8 Å². The van der Waals surface area contributed by atoms with Crippen molar-refractivity contribution >= 4 is 17.0 Å². The van der Waals surface area contributed by atoms with Crippen molar-refractivity contribution in [3.63, 3.8) is 0 Å². The molecule has 0 aliphatic carbocycles.